The van der Waals surface area contributed by atoms with Gasteiger partial charge in [0.05, 0.1) is 31.5 Å². The zero-order valence-electron chi connectivity index (χ0n) is 19.4. The minimum Gasteiger partial charge on any atom is -0.497 e. The maximum absolute atomic E-state index is 10.5. The maximum Gasteiger partial charge on any atom is 0.335 e. The summed E-state index contributed by atoms with van der Waals surface area (Å²) in [4.78, 5) is 20.9. The third kappa shape index (κ3) is 10.7. The summed E-state index contributed by atoms with van der Waals surface area (Å²) in [5, 5.41) is 17.1. The van der Waals surface area contributed by atoms with E-state index in [1.807, 2.05) is 38.1 Å². The second-order valence-electron chi connectivity index (χ2n) is 7.05. The van der Waals surface area contributed by atoms with Gasteiger partial charge in [-0.25, -0.2) is 9.59 Å². The van der Waals surface area contributed by atoms with E-state index in [0.29, 0.717) is 11.5 Å². The topological polar surface area (TPSA) is 102 Å². The third-order valence-corrected chi connectivity index (χ3v) is 4.07. The highest BCUT2D eigenvalue weighted by Gasteiger charge is 2.02. The standard InChI is InChI=1S/C10H12O3.C8H8O3.C8H10O/c1-7(2)13-9-5-3-8(4-6-9)10(11)12;1-11-7-4-2-6(3-5-7)8(9)10;1-7-3-5-8(9-2)6-4-7/h3-7H,1-2H3,(H,11,12);2-5H,1H3,(H,9,10);3-6H,1-2H3. The van der Waals surface area contributed by atoms with E-state index in [9.17, 15) is 9.59 Å². The minimum absolute atomic E-state index is 0.107. The Morgan fingerprint density at radius 3 is 1.27 bits per heavy atom. The normalized spacial score (nSPS) is 9.52. The van der Waals surface area contributed by atoms with Crippen molar-refractivity contribution in [3.05, 3.63) is 89.5 Å². The van der Waals surface area contributed by atoms with Crippen LogP contribution in [0.1, 0.15) is 40.1 Å². The lowest BCUT2D eigenvalue weighted by atomic mass is 10.2. The second-order valence-corrected chi connectivity index (χ2v) is 7.05. The molecule has 7 nitrogen and oxygen atoms in total. The Labute approximate surface area is 194 Å². The van der Waals surface area contributed by atoms with Crippen LogP contribution >= 0.6 is 0 Å². The van der Waals surface area contributed by atoms with Crippen LogP contribution in [0.25, 0.3) is 0 Å². The molecule has 0 spiro atoms. The molecule has 33 heavy (non-hydrogen) atoms. The first-order valence-electron chi connectivity index (χ1n) is 10.1. The number of aromatic carboxylic acids is 2. The molecule has 2 N–H and O–H groups in total. The molecule has 0 saturated heterocycles. The molecule has 0 unspecified atom stereocenters. The first-order valence-corrected chi connectivity index (χ1v) is 10.1. The van der Waals surface area contributed by atoms with Crippen molar-refractivity contribution in [2.45, 2.75) is 26.9 Å². The minimum atomic E-state index is -0.923. The van der Waals surface area contributed by atoms with Crippen LogP contribution in [0.15, 0.2) is 72.8 Å². The van der Waals surface area contributed by atoms with Crippen molar-refractivity contribution in [2.75, 3.05) is 14.2 Å². The number of methoxy groups -OCH3 is 2. The molecule has 0 saturated carbocycles. The molecule has 176 valence electrons. The van der Waals surface area contributed by atoms with Crippen LogP contribution in [0, 0.1) is 6.92 Å². The van der Waals surface area contributed by atoms with Crippen LogP contribution < -0.4 is 14.2 Å². The van der Waals surface area contributed by atoms with Crippen LogP contribution in [-0.2, 0) is 0 Å². The summed E-state index contributed by atoms with van der Waals surface area (Å²) in [6, 6.07) is 20.6. The molecule has 7 heteroatoms. The van der Waals surface area contributed by atoms with Gasteiger partial charge in [0.1, 0.15) is 17.2 Å². The summed E-state index contributed by atoms with van der Waals surface area (Å²) >= 11 is 0. The zero-order valence-corrected chi connectivity index (χ0v) is 19.4. The summed E-state index contributed by atoms with van der Waals surface area (Å²) in [5.41, 5.74) is 1.80. The van der Waals surface area contributed by atoms with Crippen LogP contribution in [-0.4, -0.2) is 42.5 Å². The maximum atomic E-state index is 10.5. The molecule has 0 atom stereocenters. The van der Waals surface area contributed by atoms with Crippen molar-refractivity contribution in [1.82, 2.24) is 0 Å². The number of carboxylic acid groups (broad SMARTS) is 2. The van der Waals surface area contributed by atoms with Gasteiger partial charge in [0.15, 0.2) is 0 Å². The molecule has 0 aliphatic heterocycles. The van der Waals surface area contributed by atoms with Crippen molar-refractivity contribution in [1.29, 1.82) is 0 Å². The first-order chi connectivity index (χ1) is 15.7. The Morgan fingerprint density at radius 1 is 0.636 bits per heavy atom. The Balaban J connectivity index is 0.000000252. The largest absolute Gasteiger partial charge is 0.497 e. The average Bonchev–Trinajstić information content (AvgIpc) is 2.80. The molecule has 3 aromatic rings. The van der Waals surface area contributed by atoms with Crippen LogP contribution in [0.3, 0.4) is 0 Å². The van der Waals surface area contributed by atoms with E-state index in [-0.39, 0.29) is 17.2 Å². The number of hydrogen-bond acceptors (Lipinski definition) is 5. The van der Waals surface area contributed by atoms with Crippen molar-refractivity contribution in [2.24, 2.45) is 0 Å². The fourth-order valence-electron chi connectivity index (χ4n) is 2.36. The van der Waals surface area contributed by atoms with E-state index in [1.54, 1.807) is 31.4 Å². The third-order valence-electron chi connectivity index (χ3n) is 4.07. The Morgan fingerprint density at radius 2 is 0.970 bits per heavy atom. The lowest BCUT2D eigenvalue weighted by molar-refractivity contribution is 0.0686. The monoisotopic (exact) mass is 454 g/mol. The highest BCUT2D eigenvalue weighted by atomic mass is 16.5. The van der Waals surface area contributed by atoms with Gasteiger partial charge in [-0.15, -0.1) is 0 Å². The van der Waals surface area contributed by atoms with Gasteiger partial charge in [0.2, 0.25) is 0 Å². The summed E-state index contributed by atoms with van der Waals surface area (Å²) in [6.07, 6.45) is 0.107. The highest BCUT2D eigenvalue weighted by Crippen LogP contribution is 2.13. The number of ether oxygens (including phenoxy) is 3. The van der Waals surface area contributed by atoms with Gasteiger partial charge >= 0.3 is 11.9 Å². The Kier molecular flexibility index (Phi) is 11.6. The summed E-state index contributed by atoms with van der Waals surface area (Å²) in [6.45, 7) is 5.90. The predicted molar refractivity (Wildman–Crippen MR) is 127 cm³/mol. The number of benzene rings is 3. The van der Waals surface area contributed by atoms with Gasteiger partial charge in [-0.3, -0.25) is 0 Å². The SMILES string of the molecule is CC(C)Oc1ccc(C(=O)O)cc1.COc1ccc(C(=O)O)cc1.COc1ccc(C)cc1. The van der Waals surface area contributed by atoms with Gasteiger partial charge < -0.3 is 24.4 Å². The Hall–Kier alpha value is -4.00. The van der Waals surface area contributed by atoms with Crippen LogP contribution in [0.4, 0.5) is 0 Å². The highest BCUT2D eigenvalue weighted by molar-refractivity contribution is 5.88. The molecule has 0 amide bonds. The van der Waals surface area contributed by atoms with Crippen molar-refractivity contribution in [3.63, 3.8) is 0 Å². The number of rotatable bonds is 6. The smallest absolute Gasteiger partial charge is 0.335 e. The van der Waals surface area contributed by atoms with Crippen molar-refractivity contribution >= 4 is 11.9 Å². The zero-order chi connectivity index (χ0) is 24.8. The van der Waals surface area contributed by atoms with Gasteiger partial charge in [-0.2, -0.15) is 0 Å². The van der Waals surface area contributed by atoms with Crippen LogP contribution in [0.5, 0.6) is 17.2 Å². The predicted octanol–water partition coefficient (Wildman–Crippen LogP) is 5.57. The van der Waals surface area contributed by atoms with Crippen molar-refractivity contribution < 1.29 is 34.0 Å². The Bertz CT molecular complexity index is 977. The summed E-state index contributed by atoms with van der Waals surface area (Å²) in [5.74, 6) is 0.430. The van der Waals surface area contributed by atoms with E-state index in [0.717, 1.165) is 5.75 Å². The molecule has 0 fully saturated rings. The molecular weight excluding hydrogens is 424 g/mol. The lowest BCUT2D eigenvalue weighted by Gasteiger charge is -2.08. The number of carbonyl (C=O) groups is 2. The average molecular weight is 455 g/mol. The molecule has 0 aromatic heterocycles. The molecule has 0 aliphatic carbocycles. The number of carboxylic acids is 2. The van der Waals surface area contributed by atoms with E-state index in [1.165, 1.54) is 36.9 Å². The quantitative estimate of drug-likeness (QED) is 0.502. The molecule has 0 aliphatic rings. The van der Waals surface area contributed by atoms with Gasteiger partial charge in [0, 0.05) is 0 Å². The van der Waals surface area contributed by atoms with Gasteiger partial charge in [0.25, 0.3) is 0 Å². The number of hydrogen-bond donors (Lipinski definition) is 2. The summed E-state index contributed by atoms with van der Waals surface area (Å²) in [7, 11) is 3.21. The van der Waals surface area contributed by atoms with E-state index >= 15 is 0 Å². The fourth-order valence-corrected chi connectivity index (χ4v) is 2.36. The van der Waals surface area contributed by atoms with E-state index < -0.39 is 11.9 Å². The lowest BCUT2D eigenvalue weighted by Crippen LogP contribution is -2.05. The van der Waals surface area contributed by atoms with E-state index in [2.05, 4.69) is 6.92 Å². The second kappa shape index (κ2) is 14.1. The van der Waals surface area contributed by atoms with Crippen molar-refractivity contribution in [3.8, 4) is 17.2 Å². The van der Waals surface area contributed by atoms with Gasteiger partial charge in [-0.1, -0.05) is 17.7 Å². The molecule has 0 radical (unpaired) electrons. The molecule has 3 rings (SSSR count). The van der Waals surface area contributed by atoms with Crippen LogP contribution in [0.2, 0.25) is 0 Å². The first kappa shape index (κ1) is 27.0. The molecule has 0 heterocycles. The van der Waals surface area contributed by atoms with E-state index in [4.69, 9.17) is 24.4 Å². The molecule has 3 aromatic carbocycles. The summed E-state index contributed by atoms with van der Waals surface area (Å²) < 4.78 is 15.2. The number of aryl methyl sites for hydroxylation is 1. The molecular formula is C26H30O7. The van der Waals surface area contributed by atoms with Gasteiger partial charge in [-0.05, 0) is 81.4 Å². The fraction of sp³-hybridized carbons (Fsp3) is 0.231. The molecule has 0 bridgehead atoms.